The van der Waals surface area contributed by atoms with Crippen LogP contribution in [-0.4, -0.2) is 21.0 Å². The minimum Gasteiger partial charge on any atom is -0.477 e. The summed E-state index contributed by atoms with van der Waals surface area (Å²) < 4.78 is 5.47. The van der Waals surface area contributed by atoms with Gasteiger partial charge in [-0.2, -0.15) is 4.98 Å². The topological polar surface area (TPSA) is 103 Å². The second-order valence-electron chi connectivity index (χ2n) is 4.15. The largest absolute Gasteiger partial charge is 0.477 e. The van der Waals surface area contributed by atoms with Crippen LogP contribution in [0.3, 0.4) is 0 Å². The number of nitrogens with zero attached hydrogens (tertiary/aromatic N) is 2. The molecule has 1 aromatic heterocycles. The standard InChI is InChI=1S/C14H12N2O5/c1-2-9-5-3-4-6-12(9)21-13-11(16(19)20)8-7-10(15-13)14(17)18/h3-8H,2H2,1H3,(H,17,18). The number of hydrogen-bond donors (Lipinski definition) is 1. The summed E-state index contributed by atoms with van der Waals surface area (Å²) in [4.78, 5) is 24.9. The van der Waals surface area contributed by atoms with Gasteiger partial charge in [0.05, 0.1) is 4.92 Å². The number of para-hydroxylation sites is 1. The van der Waals surface area contributed by atoms with Crippen molar-refractivity contribution in [3.05, 3.63) is 57.8 Å². The first-order valence-corrected chi connectivity index (χ1v) is 6.17. The Morgan fingerprint density at radius 1 is 1.33 bits per heavy atom. The predicted molar refractivity (Wildman–Crippen MR) is 73.7 cm³/mol. The number of hydrogen-bond acceptors (Lipinski definition) is 5. The van der Waals surface area contributed by atoms with Crippen molar-refractivity contribution in [3.63, 3.8) is 0 Å². The van der Waals surface area contributed by atoms with Crippen molar-refractivity contribution in [1.82, 2.24) is 4.98 Å². The molecule has 0 aliphatic carbocycles. The summed E-state index contributed by atoms with van der Waals surface area (Å²) in [5, 5.41) is 19.9. The van der Waals surface area contributed by atoms with Crippen molar-refractivity contribution in [2.45, 2.75) is 13.3 Å². The molecule has 0 fully saturated rings. The van der Waals surface area contributed by atoms with Gasteiger partial charge in [-0.3, -0.25) is 10.1 Å². The minimum atomic E-state index is -1.28. The highest BCUT2D eigenvalue weighted by Crippen LogP contribution is 2.31. The van der Waals surface area contributed by atoms with Gasteiger partial charge in [0.2, 0.25) is 0 Å². The Labute approximate surface area is 120 Å². The predicted octanol–water partition coefficient (Wildman–Crippen LogP) is 3.04. The molecule has 0 saturated heterocycles. The highest BCUT2D eigenvalue weighted by Gasteiger charge is 2.21. The fourth-order valence-corrected chi connectivity index (χ4v) is 1.77. The maximum absolute atomic E-state index is 11.0. The molecule has 0 aliphatic rings. The number of benzene rings is 1. The molecule has 0 radical (unpaired) electrons. The third-order valence-corrected chi connectivity index (χ3v) is 2.82. The third kappa shape index (κ3) is 3.14. The molecule has 0 amide bonds. The molecule has 1 aromatic carbocycles. The van der Waals surface area contributed by atoms with E-state index in [4.69, 9.17) is 9.84 Å². The van der Waals surface area contributed by atoms with Crippen LogP contribution in [0.4, 0.5) is 5.69 Å². The molecular formula is C14H12N2O5. The number of carboxylic acid groups (broad SMARTS) is 1. The molecule has 0 saturated carbocycles. The van der Waals surface area contributed by atoms with Crippen LogP contribution in [0.15, 0.2) is 36.4 Å². The Hall–Kier alpha value is -2.96. The lowest BCUT2D eigenvalue weighted by atomic mass is 10.1. The van der Waals surface area contributed by atoms with Crippen molar-refractivity contribution in [2.75, 3.05) is 0 Å². The molecule has 7 nitrogen and oxygen atoms in total. The monoisotopic (exact) mass is 288 g/mol. The summed E-state index contributed by atoms with van der Waals surface area (Å²) in [6.45, 7) is 1.91. The summed E-state index contributed by atoms with van der Waals surface area (Å²) >= 11 is 0. The molecule has 0 unspecified atom stereocenters. The molecular weight excluding hydrogens is 276 g/mol. The van der Waals surface area contributed by atoms with Crippen LogP contribution < -0.4 is 4.74 Å². The fraction of sp³-hybridized carbons (Fsp3) is 0.143. The van der Waals surface area contributed by atoms with E-state index < -0.39 is 10.9 Å². The number of aromatic nitrogens is 1. The van der Waals surface area contributed by atoms with Gasteiger partial charge in [0, 0.05) is 6.07 Å². The molecule has 0 aliphatic heterocycles. The summed E-state index contributed by atoms with van der Waals surface area (Å²) in [6, 6.07) is 9.15. The third-order valence-electron chi connectivity index (χ3n) is 2.82. The van der Waals surface area contributed by atoms with Crippen LogP contribution in [0.5, 0.6) is 11.6 Å². The average Bonchev–Trinajstić information content (AvgIpc) is 2.47. The number of carboxylic acids is 1. The Kier molecular flexibility index (Phi) is 4.13. The molecule has 7 heteroatoms. The van der Waals surface area contributed by atoms with Crippen LogP contribution >= 0.6 is 0 Å². The molecule has 1 N–H and O–H groups in total. The van der Waals surface area contributed by atoms with Crippen LogP contribution in [0, 0.1) is 10.1 Å². The van der Waals surface area contributed by atoms with Crippen molar-refractivity contribution in [1.29, 1.82) is 0 Å². The maximum atomic E-state index is 11.0. The lowest BCUT2D eigenvalue weighted by Crippen LogP contribution is -2.04. The first-order chi connectivity index (χ1) is 10.0. The van der Waals surface area contributed by atoms with Crippen molar-refractivity contribution in [2.24, 2.45) is 0 Å². The molecule has 0 bridgehead atoms. The van der Waals surface area contributed by atoms with Gasteiger partial charge in [0.1, 0.15) is 5.75 Å². The number of carbonyl (C=O) groups is 1. The van der Waals surface area contributed by atoms with Gasteiger partial charge in [-0.25, -0.2) is 4.79 Å². The Morgan fingerprint density at radius 3 is 2.67 bits per heavy atom. The van der Waals surface area contributed by atoms with Gasteiger partial charge in [-0.05, 0) is 24.1 Å². The normalized spacial score (nSPS) is 10.1. The molecule has 1 heterocycles. The fourth-order valence-electron chi connectivity index (χ4n) is 1.77. The number of aryl methyl sites for hydroxylation is 1. The van der Waals surface area contributed by atoms with E-state index in [1.807, 2.05) is 19.1 Å². The lowest BCUT2D eigenvalue weighted by molar-refractivity contribution is -0.386. The number of nitro groups is 1. The molecule has 0 spiro atoms. The zero-order valence-corrected chi connectivity index (χ0v) is 11.1. The van der Waals surface area contributed by atoms with Crippen LogP contribution in [0.1, 0.15) is 23.0 Å². The van der Waals surface area contributed by atoms with Crippen molar-refractivity contribution in [3.8, 4) is 11.6 Å². The number of rotatable bonds is 5. The SMILES string of the molecule is CCc1ccccc1Oc1nc(C(=O)O)ccc1[N+](=O)[O-]. The van der Waals surface area contributed by atoms with Gasteiger partial charge in [0.15, 0.2) is 5.69 Å². The minimum absolute atomic E-state index is 0.315. The van der Waals surface area contributed by atoms with Gasteiger partial charge in [-0.1, -0.05) is 25.1 Å². The second kappa shape index (κ2) is 6.00. The summed E-state index contributed by atoms with van der Waals surface area (Å²) in [7, 11) is 0. The van der Waals surface area contributed by atoms with Gasteiger partial charge in [-0.15, -0.1) is 0 Å². The first-order valence-electron chi connectivity index (χ1n) is 6.17. The lowest BCUT2D eigenvalue weighted by Gasteiger charge is -2.09. The highest BCUT2D eigenvalue weighted by atomic mass is 16.6. The average molecular weight is 288 g/mol. The van der Waals surface area contributed by atoms with E-state index in [0.717, 1.165) is 17.7 Å². The van der Waals surface area contributed by atoms with E-state index in [1.54, 1.807) is 12.1 Å². The van der Waals surface area contributed by atoms with Crippen molar-refractivity contribution >= 4 is 11.7 Å². The summed E-state index contributed by atoms with van der Waals surface area (Å²) in [6.07, 6.45) is 0.669. The summed E-state index contributed by atoms with van der Waals surface area (Å²) in [5.41, 5.74) is 0.143. The van der Waals surface area contributed by atoms with Gasteiger partial charge >= 0.3 is 11.7 Å². The van der Waals surface area contributed by atoms with Crippen LogP contribution in [-0.2, 0) is 6.42 Å². The summed E-state index contributed by atoms with van der Waals surface area (Å²) in [5.74, 6) is -1.20. The van der Waals surface area contributed by atoms with E-state index >= 15 is 0 Å². The van der Waals surface area contributed by atoms with E-state index in [9.17, 15) is 14.9 Å². The second-order valence-corrected chi connectivity index (χ2v) is 4.15. The van der Waals surface area contributed by atoms with Crippen LogP contribution in [0.25, 0.3) is 0 Å². The van der Waals surface area contributed by atoms with Gasteiger partial charge in [0.25, 0.3) is 5.88 Å². The first kappa shape index (κ1) is 14.4. The zero-order chi connectivity index (χ0) is 15.4. The Morgan fingerprint density at radius 2 is 2.05 bits per heavy atom. The number of ether oxygens (including phenoxy) is 1. The molecule has 2 rings (SSSR count). The van der Waals surface area contributed by atoms with E-state index in [-0.39, 0.29) is 17.3 Å². The van der Waals surface area contributed by atoms with Crippen molar-refractivity contribution < 1.29 is 19.6 Å². The van der Waals surface area contributed by atoms with Gasteiger partial charge < -0.3 is 9.84 Å². The Bertz CT molecular complexity index is 700. The van der Waals surface area contributed by atoms with E-state index in [1.165, 1.54) is 0 Å². The van der Waals surface area contributed by atoms with Crippen LogP contribution in [0.2, 0.25) is 0 Å². The smallest absolute Gasteiger partial charge is 0.354 e. The molecule has 0 atom stereocenters. The van der Waals surface area contributed by atoms with E-state index in [2.05, 4.69) is 4.98 Å². The number of aromatic carboxylic acids is 1. The highest BCUT2D eigenvalue weighted by molar-refractivity contribution is 5.85. The van der Waals surface area contributed by atoms with E-state index in [0.29, 0.717) is 12.2 Å². The quantitative estimate of drug-likeness (QED) is 0.670. The zero-order valence-electron chi connectivity index (χ0n) is 11.1. The molecule has 21 heavy (non-hydrogen) atoms. The Balaban J connectivity index is 2.48. The molecule has 2 aromatic rings. The maximum Gasteiger partial charge on any atom is 0.354 e. The number of pyridine rings is 1. The molecule has 108 valence electrons.